The molecule has 0 aromatic carbocycles. The zero-order valence-electron chi connectivity index (χ0n) is 14.8. The molecule has 1 aliphatic heterocycles. The summed E-state index contributed by atoms with van der Waals surface area (Å²) < 4.78 is 5.19. The molecule has 0 radical (unpaired) electrons. The highest BCUT2D eigenvalue weighted by Crippen LogP contribution is 2.33. The number of aryl methyl sites for hydroxylation is 1. The summed E-state index contributed by atoms with van der Waals surface area (Å²) in [6.45, 7) is 6.88. The Morgan fingerprint density at radius 1 is 1.40 bits per heavy atom. The van der Waals surface area contributed by atoms with Crippen LogP contribution in [0.2, 0.25) is 0 Å². The Hall–Kier alpha value is -2.48. The van der Waals surface area contributed by atoms with Gasteiger partial charge in [-0.2, -0.15) is 0 Å². The first-order chi connectivity index (χ1) is 12.1. The Balaban J connectivity index is 1.62. The molecule has 0 amide bonds. The van der Waals surface area contributed by atoms with Gasteiger partial charge in [-0.05, 0) is 26.3 Å². The van der Waals surface area contributed by atoms with Gasteiger partial charge in [-0.25, -0.2) is 15.0 Å². The maximum Gasteiger partial charge on any atom is 0.183 e. The van der Waals surface area contributed by atoms with Crippen molar-refractivity contribution in [3.05, 3.63) is 29.7 Å². The lowest BCUT2D eigenvalue weighted by atomic mass is 9.81. The number of H-pyrrole nitrogens is 1. The molecule has 0 saturated carbocycles. The highest BCUT2D eigenvalue weighted by atomic mass is 16.5. The summed E-state index contributed by atoms with van der Waals surface area (Å²) in [5, 5.41) is 7.27. The van der Waals surface area contributed by atoms with Crippen LogP contribution in [-0.4, -0.2) is 50.1 Å². The molecule has 1 fully saturated rings. The first kappa shape index (κ1) is 16.0. The number of anilines is 1. The summed E-state index contributed by atoms with van der Waals surface area (Å²) in [5.41, 5.74) is 2.41. The minimum atomic E-state index is -0.115. The molecule has 8 heteroatoms. The molecular weight excluding hydrogens is 318 g/mol. The van der Waals surface area contributed by atoms with Gasteiger partial charge in [-0.1, -0.05) is 12.1 Å². The van der Waals surface area contributed by atoms with E-state index in [1.165, 1.54) is 0 Å². The van der Waals surface area contributed by atoms with E-state index < -0.39 is 0 Å². The van der Waals surface area contributed by atoms with Crippen LogP contribution in [0, 0.1) is 6.92 Å². The molecule has 4 rings (SSSR count). The molecule has 3 aromatic rings. The zero-order valence-corrected chi connectivity index (χ0v) is 14.8. The monoisotopic (exact) mass is 341 g/mol. The Kier molecular flexibility index (Phi) is 3.91. The third kappa shape index (κ3) is 2.97. The van der Waals surface area contributed by atoms with Crippen molar-refractivity contribution in [2.45, 2.75) is 38.6 Å². The number of rotatable bonds is 4. The molecule has 0 bridgehead atoms. The Labute approximate surface area is 146 Å². The number of aromatic nitrogens is 5. The topological polar surface area (TPSA) is 95.8 Å². The lowest BCUT2D eigenvalue weighted by Gasteiger charge is -2.39. The van der Waals surface area contributed by atoms with E-state index >= 15 is 0 Å². The van der Waals surface area contributed by atoms with Crippen molar-refractivity contribution in [2.75, 3.05) is 25.5 Å². The standard InChI is InChI=1S/C17H23N7O/c1-11-7-12(23-25-11)8-24-6-4-5-17(2,9-24)16-21-14(18-3)13-15(22-16)20-10-19-13/h7,10H,4-6,8-9H2,1-3H3,(H2,18,19,20,21,22). The van der Waals surface area contributed by atoms with E-state index in [-0.39, 0.29) is 5.41 Å². The van der Waals surface area contributed by atoms with E-state index in [0.717, 1.165) is 61.1 Å². The minimum Gasteiger partial charge on any atom is -0.371 e. The van der Waals surface area contributed by atoms with Gasteiger partial charge in [0.2, 0.25) is 0 Å². The van der Waals surface area contributed by atoms with Crippen LogP contribution in [0.1, 0.15) is 37.0 Å². The normalized spacial score (nSPS) is 21.7. The Morgan fingerprint density at radius 3 is 3.04 bits per heavy atom. The Bertz CT molecular complexity index is 886. The average Bonchev–Trinajstić information content (AvgIpc) is 3.22. The summed E-state index contributed by atoms with van der Waals surface area (Å²) in [7, 11) is 1.87. The molecule has 1 unspecified atom stereocenters. The van der Waals surface area contributed by atoms with Crippen molar-refractivity contribution in [3.63, 3.8) is 0 Å². The highest BCUT2D eigenvalue weighted by Gasteiger charge is 2.36. The molecule has 1 saturated heterocycles. The molecule has 2 N–H and O–H groups in total. The number of likely N-dealkylation sites (tertiary alicyclic amines) is 1. The number of nitrogens with one attached hydrogen (secondary N) is 2. The van der Waals surface area contributed by atoms with Crippen molar-refractivity contribution in [1.29, 1.82) is 0 Å². The van der Waals surface area contributed by atoms with Crippen LogP contribution in [0.25, 0.3) is 11.2 Å². The molecule has 1 aliphatic rings. The summed E-state index contributed by atoms with van der Waals surface area (Å²) in [5.74, 6) is 2.49. The molecule has 1 atom stereocenters. The molecule has 25 heavy (non-hydrogen) atoms. The maximum atomic E-state index is 5.19. The Morgan fingerprint density at radius 2 is 2.28 bits per heavy atom. The molecule has 8 nitrogen and oxygen atoms in total. The number of hydrogen-bond acceptors (Lipinski definition) is 7. The molecule has 132 valence electrons. The van der Waals surface area contributed by atoms with Crippen LogP contribution in [0.15, 0.2) is 16.9 Å². The highest BCUT2D eigenvalue weighted by molar-refractivity contribution is 5.82. The van der Waals surface area contributed by atoms with Gasteiger partial charge in [0, 0.05) is 31.6 Å². The van der Waals surface area contributed by atoms with E-state index in [1.807, 2.05) is 20.0 Å². The fourth-order valence-corrected chi connectivity index (χ4v) is 3.67. The van der Waals surface area contributed by atoms with Crippen LogP contribution in [0.4, 0.5) is 5.82 Å². The minimum absolute atomic E-state index is 0.115. The van der Waals surface area contributed by atoms with Gasteiger partial charge in [0.25, 0.3) is 0 Å². The summed E-state index contributed by atoms with van der Waals surface area (Å²) in [4.78, 5) is 19.3. The van der Waals surface area contributed by atoms with Gasteiger partial charge in [-0.15, -0.1) is 0 Å². The summed E-state index contributed by atoms with van der Waals surface area (Å²) in [6.07, 6.45) is 3.82. The average molecular weight is 341 g/mol. The van der Waals surface area contributed by atoms with Gasteiger partial charge in [0.1, 0.15) is 17.1 Å². The van der Waals surface area contributed by atoms with E-state index in [4.69, 9.17) is 14.5 Å². The number of aromatic amines is 1. The molecule has 3 aromatic heterocycles. The quantitative estimate of drug-likeness (QED) is 0.751. The molecular formula is C17H23N7O. The van der Waals surface area contributed by atoms with Crippen LogP contribution in [0.5, 0.6) is 0 Å². The molecule has 4 heterocycles. The first-order valence-corrected chi connectivity index (χ1v) is 8.61. The van der Waals surface area contributed by atoms with E-state index in [0.29, 0.717) is 5.65 Å². The largest absolute Gasteiger partial charge is 0.371 e. The van der Waals surface area contributed by atoms with Gasteiger partial charge < -0.3 is 14.8 Å². The van der Waals surface area contributed by atoms with E-state index in [1.54, 1.807) is 6.33 Å². The second-order valence-electron chi connectivity index (χ2n) is 7.05. The van der Waals surface area contributed by atoms with Crippen LogP contribution < -0.4 is 5.32 Å². The second kappa shape index (κ2) is 6.11. The predicted octanol–water partition coefficient (Wildman–Crippen LogP) is 2.24. The molecule has 0 aliphatic carbocycles. The van der Waals surface area contributed by atoms with Crippen molar-refractivity contribution in [3.8, 4) is 0 Å². The lowest BCUT2D eigenvalue weighted by Crippen LogP contribution is -2.45. The number of piperidine rings is 1. The number of imidazole rings is 1. The first-order valence-electron chi connectivity index (χ1n) is 8.61. The third-order valence-corrected chi connectivity index (χ3v) is 4.90. The lowest BCUT2D eigenvalue weighted by molar-refractivity contribution is 0.141. The molecule has 0 spiro atoms. The smallest absolute Gasteiger partial charge is 0.183 e. The SMILES string of the molecule is CNc1nc(C2(C)CCCN(Cc3cc(C)on3)C2)nc2nc[nH]c12. The van der Waals surface area contributed by atoms with Gasteiger partial charge in [-0.3, -0.25) is 4.90 Å². The maximum absolute atomic E-state index is 5.19. The van der Waals surface area contributed by atoms with Gasteiger partial charge >= 0.3 is 0 Å². The van der Waals surface area contributed by atoms with Crippen molar-refractivity contribution < 1.29 is 4.52 Å². The van der Waals surface area contributed by atoms with E-state index in [2.05, 4.69) is 32.3 Å². The van der Waals surface area contributed by atoms with Crippen LogP contribution in [-0.2, 0) is 12.0 Å². The summed E-state index contributed by atoms with van der Waals surface area (Å²) >= 11 is 0. The number of hydrogen-bond donors (Lipinski definition) is 2. The van der Waals surface area contributed by atoms with Gasteiger partial charge in [0.05, 0.1) is 12.0 Å². The van der Waals surface area contributed by atoms with Crippen molar-refractivity contribution >= 4 is 17.0 Å². The number of fused-ring (bicyclic) bond motifs is 1. The van der Waals surface area contributed by atoms with Crippen molar-refractivity contribution in [2.24, 2.45) is 0 Å². The zero-order chi connectivity index (χ0) is 17.4. The van der Waals surface area contributed by atoms with Crippen LogP contribution in [0.3, 0.4) is 0 Å². The van der Waals surface area contributed by atoms with Crippen molar-refractivity contribution in [1.82, 2.24) is 30.0 Å². The fourth-order valence-electron chi connectivity index (χ4n) is 3.67. The summed E-state index contributed by atoms with van der Waals surface area (Å²) in [6, 6.07) is 2.00. The number of nitrogens with zero attached hydrogens (tertiary/aromatic N) is 5. The fraction of sp³-hybridized carbons (Fsp3) is 0.529. The predicted molar refractivity (Wildman–Crippen MR) is 94.3 cm³/mol. The second-order valence-corrected chi connectivity index (χ2v) is 7.05. The van der Waals surface area contributed by atoms with E-state index in [9.17, 15) is 0 Å². The van der Waals surface area contributed by atoms with Gasteiger partial charge in [0.15, 0.2) is 11.5 Å². The van der Waals surface area contributed by atoms with Crippen LogP contribution >= 0.6 is 0 Å². The third-order valence-electron chi connectivity index (χ3n) is 4.90.